The lowest BCUT2D eigenvalue weighted by atomic mass is 10.1. The molecule has 3 rings (SSSR count). The Morgan fingerprint density at radius 2 is 2.00 bits per heavy atom. The number of aryl methyl sites for hydroxylation is 1. The van der Waals surface area contributed by atoms with Crippen LogP contribution in [0.2, 0.25) is 0 Å². The molecule has 25 heavy (non-hydrogen) atoms. The summed E-state index contributed by atoms with van der Waals surface area (Å²) in [5, 5.41) is 22.8. The number of aromatic hydroxyl groups is 1. The average Bonchev–Trinajstić information content (AvgIpc) is 2.93. The zero-order valence-electron chi connectivity index (χ0n) is 14.4. The molecule has 0 saturated carbocycles. The maximum absolute atomic E-state index is 12.3. The Labute approximate surface area is 147 Å². The van der Waals surface area contributed by atoms with E-state index in [4.69, 9.17) is 0 Å². The molecule has 5 nitrogen and oxygen atoms in total. The van der Waals surface area contributed by atoms with E-state index in [2.05, 4.69) is 22.3 Å². The van der Waals surface area contributed by atoms with Gasteiger partial charge in [-0.05, 0) is 36.6 Å². The van der Waals surface area contributed by atoms with Gasteiger partial charge in [0, 0.05) is 25.7 Å². The van der Waals surface area contributed by atoms with Crippen LogP contribution in [0.4, 0.5) is 0 Å². The van der Waals surface area contributed by atoms with Crippen LogP contribution in [0.25, 0.3) is 0 Å². The first-order valence-corrected chi connectivity index (χ1v) is 8.57. The Bertz CT molecular complexity index is 733. The van der Waals surface area contributed by atoms with E-state index in [0.29, 0.717) is 19.5 Å². The van der Waals surface area contributed by atoms with E-state index in [9.17, 15) is 15.0 Å². The van der Waals surface area contributed by atoms with Gasteiger partial charge in [0.2, 0.25) is 0 Å². The third-order valence-electron chi connectivity index (χ3n) is 4.63. The maximum atomic E-state index is 12.3. The Balaban J connectivity index is 1.61. The van der Waals surface area contributed by atoms with Crippen LogP contribution in [-0.2, 0) is 6.54 Å². The van der Waals surface area contributed by atoms with Gasteiger partial charge in [0.25, 0.3) is 5.91 Å². The van der Waals surface area contributed by atoms with Crippen LogP contribution >= 0.6 is 0 Å². The van der Waals surface area contributed by atoms with E-state index in [0.717, 1.165) is 12.1 Å². The van der Waals surface area contributed by atoms with Crippen molar-refractivity contribution in [1.29, 1.82) is 0 Å². The van der Waals surface area contributed by atoms with E-state index in [1.54, 1.807) is 18.2 Å². The monoisotopic (exact) mass is 340 g/mol. The minimum absolute atomic E-state index is 0.00917. The first-order valence-electron chi connectivity index (χ1n) is 8.57. The zero-order valence-corrected chi connectivity index (χ0v) is 14.4. The molecule has 2 aromatic rings. The van der Waals surface area contributed by atoms with Gasteiger partial charge in [-0.15, -0.1) is 0 Å². The summed E-state index contributed by atoms with van der Waals surface area (Å²) in [7, 11) is 0. The number of hydrogen-bond donors (Lipinski definition) is 3. The predicted molar refractivity (Wildman–Crippen MR) is 96.4 cm³/mol. The lowest BCUT2D eigenvalue weighted by Gasteiger charge is -2.24. The number of likely N-dealkylation sites (tertiary alicyclic amines) is 1. The molecule has 3 N–H and O–H groups in total. The molecule has 1 heterocycles. The molecule has 1 fully saturated rings. The zero-order chi connectivity index (χ0) is 17.8. The number of β-amino-alcohol motifs (C(OH)–C–C–N with tert-alkyl or cyclic N) is 1. The molecule has 0 aromatic heterocycles. The van der Waals surface area contributed by atoms with Gasteiger partial charge in [-0.1, -0.05) is 36.4 Å². The Hall–Kier alpha value is -2.37. The van der Waals surface area contributed by atoms with Gasteiger partial charge < -0.3 is 15.5 Å². The van der Waals surface area contributed by atoms with Crippen molar-refractivity contribution in [2.24, 2.45) is 0 Å². The summed E-state index contributed by atoms with van der Waals surface area (Å²) in [6.07, 6.45) is 0.255. The molecule has 2 atom stereocenters. The average molecular weight is 340 g/mol. The van der Waals surface area contributed by atoms with Crippen LogP contribution in [0.3, 0.4) is 0 Å². The predicted octanol–water partition coefficient (Wildman–Crippen LogP) is 2.07. The molecule has 1 aliphatic heterocycles. The molecule has 0 radical (unpaired) electrons. The van der Waals surface area contributed by atoms with Crippen LogP contribution in [0, 0.1) is 6.92 Å². The van der Waals surface area contributed by atoms with Crippen molar-refractivity contribution >= 4 is 5.91 Å². The number of amides is 1. The van der Waals surface area contributed by atoms with Crippen LogP contribution < -0.4 is 5.32 Å². The molecule has 2 aromatic carbocycles. The van der Waals surface area contributed by atoms with Crippen molar-refractivity contribution in [3.63, 3.8) is 0 Å². The third-order valence-corrected chi connectivity index (χ3v) is 4.63. The summed E-state index contributed by atoms with van der Waals surface area (Å²) < 4.78 is 0. The Kier molecular flexibility index (Phi) is 5.36. The smallest absolute Gasteiger partial charge is 0.255 e. The second-order valence-electron chi connectivity index (χ2n) is 6.69. The fourth-order valence-electron chi connectivity index (χ4n) is 3.32. The number of phenols is 1. The molecule has 132 valence electrons. The maximum Gasteiger partial charge on any atom is 0.255 e. The molecule has 0 aliphatic carbocycles. The van der Waals surface area contributed by atoms with Crippen molar-refractivity contribution in [2.45, 2.75) is 32.0 Å². The van der Waals surface area contributed by atoms with Gasteiger partial charge in [0.15, 0.2) is 0 Å². The summed E-state index contributed by atoms with van der Waals surface area (Å²) in [6, 6.07) is 15.2. The van der Waals surface area contributed by atoms with Gasteiger partial charge in [0.05, 0.1) is 11.7 Å². The van der Waals surface area contributed by atoms with Crippen molar-refractivity contribution in [1.82, 2.24) is 10.2 Å². The molecule has 0 spiro atoms. The molecule has 5 heteroatoms. The molecular weight excluding hydrogens is 316 g/mol. The first-order chi connectivity index (χ1) is 12.0. The summed E-state index contributed by atoms with van der Waals surface area (Å²) in [5.41, 5.74) is 2.37. The number of hydrogen-bond acceptors (Lipinski definition) is 4. The highest BCUT2D eigenvalue weighted by Gasteiger charge is 2.31. The highest BCUT2D eigenvalue weighted by Crippen LogP contribution is 2.21. The Morgan fingerprint density at radius 3 is 2.72 bits per heavy atom. The van der Waals surface area contributed by atoms with Crippen molar-refractivity contribution in [3.05, 3.63) is 65.2 Å². The number of rotatable bonds is 5. The number of phenolic OH excluding ortho intramolecular Hbond substituents is 1. The molecular formula is C20H24N2O3. The van der Waals surface area contributed by atoms with E-state index >= 15 is 0 Å². The fourth-order valence-corrected chi connectivity index (χ4v) is 3.32. The number of nitrogens with zero attached hydrogens (tertiary/aromatic N) is 1. The quantitative estimate of drug-likeness (QED) is 0.779. The highest BCUT2D eigenvalue weighted by atomic mass is 16.3. The topological polar surface area (TPSA) is 72.8 Å². The summed E-state index contributed by atoms with van der Waals surface area (Å²) in [5.74, 6) is -0.302. The Morgan fingerprint density at radius 1 is 1.24 bits per heavy atom. The normalized spacial score (nSPS) is 20.6. The van der Waals surface area contributed by atoms with Gasteiger partial charge in [-0.2, -0.15) is 0 Å². The second kappa shape index (κ2) is 7.68. The molecule has 1 aliphatic rings. The number of aliphatic hydroxyl groups excluding tert-OH is 1. The van der Waals surface area contributed by atoms with Gasteiger partial charge >= 0.3 is 0 Å². The van der Waals surface area contributed by atoms with E-state index in [1.165, 1.54) is 5.56 Å². The van der Waals surface area contributed by atoms with Gasteiger partial charge in [-0.3, -0.25) is 9.69 Å². The molecule has 2 unspecified atom stereocenters. The summed E-state index contributed by atoms with van der Waals surface area (Å²) in [4.78, 5) is 14.5. The number of aliphatic hydroxyl groups is 1. The van der Waals surface area contributed by atoms with E-state index < -0.39 is 0 Å². The van der Waals surface area contributed by atoms with Crippen LogP contribution in [0.5, 0.6) is 5.75 Å². The molecule has 0 bridgehead atoms. The van der Waals surface area contributed by atoms with Crippen LogP contribution in [-0.4, -0.2) is 46.3 Å². The number of carbonyl (C=O) groups is 1. The van der Waals surface area contributed by atoms with Crippen molar-refractivity contribution in [3.8, 4) is 5.75 Å². The summed E-state index contributed by atoms with van der Waals surface area (Å²) in [6.45, 7) is 3.65. The summed E-state index contributed by atoms with van der Waals surface area (Å²) >= 11 is 0. The third kappa shape index (κ3) is 4.38. The van der Waals surface area contributed by atoms with E-state index in [-0.39, 0.29) is 29.4 Å². The van der Waals surface area contributed by atoms with Crippen LogP contribution in [0.15, 0.2) is 48.5 Å². The lowest BCUT2D eigenvalue weighted by Crippen LogP contribution is -2.39. The molecule has 1 saturated heterocycles. The van der Waals surface area contributed by atoms with E-state index in [1.807, 2.05) is 25.1 Å². The standard InChI is InChI=1S/C20H24N2O3/c1-14-7-8-18(19(24)9-14)20(25)21-11-16-10-17(23)13-22(16)12-15-5-3-2-4-6-15/h2-9,16-17,23-24H,10-13H2,1H3,(H,21,25). The largest absolute Gasteiger partial charge is 0.507 e. The van der Waals surface area contributed by atoms with Gasteiger partial charge in [-0.25, -0.2) is 0 Å². The fraction of sp³-hybridized carbons (Fsp3) is 0.350. The SMILES string of the molecule is Cc1ccc(C(=O)NCC2CC(O)CN2Cc2ccccc2)c(O)c1. The van der Waals surface area contributed by atoms with Crippen molar-refractivity contribution < 1.29 is 15.0 Å². The number of nitrogens with one attached hydrogen (secondary N) is 1. The van der Waals surface area contributed by atoms with Gasteiger partial charge in [0.1, 0.15) is 5.75 Å². The second-order valence-corrected chi connectivity index (χ2v) is 6.69. The highest BCUT2D eigenvalue weighted by molar-refractivity contribution is 5.96. The van der Waals surface area contributed by atoms with Crippen molar-refractivity contribution in [2.75, 3.05) is 13.1 Å². The van der Waals surface area contributed by atoms with Crippen LogP contribution in [0.1, 0.15) is 27.9 Å². The minimum Gasteiger partial charge on any atom is -0.507 e. The first kappa shape index (κ1) is 17.5. The molecule has 1 amide bonds. The lowest BCUT2D eigenvalue weighted by molar-refractivity contribution is 0.0937. The number of carbonyl (C=O) groups excluding carboxylic acids is 1. The minimum atomic E-state index is -0.376. The number of benzene rings is 2.